The molecule has 1 rings (SSSR count). The van der Waals surface area contributed by atoms with E-state index in [0.29, 0.717) is 37.4 Å². The third kappa shape index (κ3) is 6.39. The van der Waals surface area contributed by atoms with Gasteiger partial charge in [0.1, 0.15) is 6.07 Å². The largest absolute Gasteiger partial charge is 0.380 e. The number of nitrogens with one attached hydrogen (secondary N) is 1. The van der Waals surface area contributed by atoms with E-state index in [2.05, 4.69) is 23.2 Å². The van der Waals surface area contributed by atoms with Gasteiger partial charge in [-0.15, -0.1) is 0 Å². The first-order valence-corrected chi connectivity index (χ1v) is 7.30. The molecule has 0 aliphatic carbocycles. The Morgan fingerprint density at radius 1 is 1.33 bits per heavy atom. The van der Waals surface area contributed by atoms with Crippen molar-refractivity contribution in [2.45, 2.75) is 20.3 Å². The maximum absolute atomic E-state index is 12.0. The summed E-state index contributed by atoms with van der Waals surface area (Å²) in [6, 6.07) is 9.08. The number of ether oxygens (including phenoxy) is 1. The second kappa shape index (κ2) is 9.92. The molecule has 0 bridgehead atoms. The van der Waals surface area contributed by atoms with E-state index in [9.17, 15) is 4.79 Å². The molecule has 0 aliphatic heterocycles. The third-order valence-corrected chi connectivity index (χ3v) is 3.18. The Kier molecular flexibility index (Phi) is 8.10. The van der Waals surface area contributed by atoms with Crippen LogP contribution >= 0.6 is 0 Å². The number of benzene rings is 1. The number of para-hydroxylation sites is 1. The van der Waals surface area contributed by atoms with Gasteiger partial charge in [0.15, 0.2) is 0 Å². The van der Waals surface area contributed by atoms with Gasteiger partial charge in [0, 0.05) is 26.1 Å². The molecular weight excluding hydrogens is 266 g/mol. The standard InChI is InChI=1S/C16H23N3O2/c1-3-19(11-12-21-4-2)10-9-16(20)18-15-8-6-5-7-14(15)13-17/h5-8H,3-4,9-12H2,1-2H3,(H,18,20). The molecule has 0 heterocycles. The Labute approximate surface area is 126 Å². The van der Waals surface area contributed by atoms with E-state index in [1.54, 1.807) is 24.3 Å². The van der Waals surface area contributed by atoms with Gasteiger partial charge in [0.2, 0.25) is 5.91 Å². The summed E-state index contributed by atoms with van der Waals surface area (Å²) >= 11 is 0. The summed E-state index contributed by atoms with van der Waals surface area (Å²) < 4.78 is 5.32. The van der Waals surface area contributed by atoms with Gasteiger partial charge in [-0.3, -0.25) is 4.79 Å². The maximum Gasteiger partial charge on any atom is 0.225 e. The smallest absolute Gasteiger partial charge is 0.225 e. The molecule has 0 aromatic heterocycles. The summed E-state index contributed by atoms with van der Waals surface area (Å²) in [7, 11) is 0. The Balaban J connectivity index is 2.41. The van der Waals surface area contributed by atoms with Crippen molar-refractivity contribution in [1.29, 1.82) is 5.26 Å². The van der Waals surface area contributed by atoms with Crippen molar-refractivity contribution in [2.24, 2.45) is 0 Å². The molecule has 0 fully saturated rings. The van der Waals surface area contributed by atoms with Crippen LogP contribution in [0, 0.1) is 11.3 Å². The molecule has 1 aromatic rings. The number of rotatable bonds is 9. The van der Waals surface area contributed by atoms with E-state index < -0.39 is 0 Å². The van der Waals surface area contributed by atoms with Crippen LogP contribution in [0.3, 0.4) is 0 Å². The summed E-state index contributed by atoms with van der Waals surface area (Å²) in [5.74, 6) is -0.0763. The second-order valence-electron chi connectivity index (χ2n) is 4.59. The lowest BCUT2D eigenvalue weighted by molar-refractivity contribution is -0.116. The number of hydrogen-bond acceptors (Lipinski definition) is 4. The molecule has 5 nitrogen and oxygen atoms in total. The van der Waals surface area contributed by atoms with E-state index in [-0.39, 0.29) is 5.91 Å². The number of likely N-dealkylation sites (N-methyl/N-ethyl adjacent to an activating group) is 1. The monoisotopic (exact) mass is 289 g/mol. The van der Waals surface area contributed by atoms with Gasteiger partial charge in [-0.05, 0) is 25.6 Å². The molecule has 0 saturated carbocycles. The molecule has 0 saturated heterocycles. The van der Waals surface area contributed by atoms with Crippen molar-refractivity contribution in [1.82, 2.24) is 4.90 Å². The quantitative estimate of drug-likeness (QED) is 0.708. The SMILES string of the molecule is CCOCCN(CC)CCC(=O)Nc1ccccc1C#N. The summed E-state index contributed by atoms with van der Waals surface area (Å²) in [5.41, 5.74) is 1.05. The van der Waals surface area contributed by atoms with Crippen LogP contribution in [0.5, 0.6) is 0 Å². The predicted molar refractivity (Wildman–Crippen MR) is 83.0 cm³/mol. The fourth-order valence-electron chi connectivity index (χ4n) is 1.93. The van der Waals surface area contributed by atoms with Crippen LogP contribution in [0.4, 0.5) is 5.69 Å². The van der Waals surface area contributed by atoms with E-state index in [4.69, 9.17) is 10.00 Å². The first kappa shape index (κ1) is 17.2. The molecule has 21 heavy (non-hydrogen) atoms. The van der Waals surface area contributed by atoms with Gasteiger partial charge >= 0.3 is 0 Å². The topological polar surface area (TPSA) is 65.4 Å². The number of hydrogen-bond donors (Lipinski definition) is 1. The zero-order valence-corrected chi connectivity index (χ0v) is 12.8. The van der Waals surface area contributed by atoms with Gasteiger partial charge in [0.25, 0.3) is 0 Å². The van der Waals surface area contributed by atoms with Crippen molar-refractivity contribution in [3.05, 3.63) is 29.8 Å². The van der Waals surface area contributed by atoms with Gasteiger partial charge in [0.05, 0.1) is 17.9 Å². The normalized spacial score (nSPS) is 10.4. The zero-order valence-electron chi connectivity index (χ0n) is 12.8. The van der Waals surface area contributed by atoms with Crippen molar-refractivity contribution in [3.8, 4) is 6.07 Å². The lowest BCUT2D eigenvalue weighted by Gasteiger charge is -2.19. The molecule has 1 amide bonds. The number of amides is 1. The average molecular weight is 289 g/mol. The lowest BCUT2D eigenvalue weighted by atomic mass is 10.2. The van der Waals surface area contributed by atoms with Crippen LogP contribution < -0.4 is 5.32 Å². The number of nitrogens with zero attached hydrogens (tertiary/aromatic N) is 2. The minimum Gasteiger partial charge on any atom is -0.380 e. The van der Waals surface area contributed by atoms with Gasteiger partial charge in [-0.25, -0.2) is 0 Å². The molecule has 5 heteroatoms. The molecular formula is C16H23N3O2. The summed E-state index contributed by atoms with van der Waals surface area (Å²) in [5, 5.41) is 11.8. The highest BCUT2D eigenvalue weighted by molar-refractivity contribution is 5.92. The van der Waals surface area contributed by atoms with Crippen molar-refractivity contribution < 1.29 is 9.53 Å². The number of nitriles is 1. The number of anilines is 1. The second-order valence-corrected chi connectivity index (χ2v) is 4.59. The Hall–Kier alpha value is -1.90. The first-order valence-electron chi connectivity index (χ1n) is 7.30. The van der Waals surface area contributed by atoms with Gasteiger partial charge in [-0.2, -0.15) is 5.26 Å². The fourth-order valence-corrected chi connectivity index (χ4v) is 1.93. The fraction of sp³-hybridized carbons (Fsp3) is 0.500. The molecule has 114 valence electrons. The number of carbonyl (C=O) groups is 1. The van der Waals surface area contributed by atoms with Crippen LogP contribution in [-0.2, 0) is 9.53 Å². The average Bonchev–Trinajstić information content (AvgIpc) is 2.51. The van der Waals surface area contributed by atoms with Crippen LogP contribution in [-0.4, -0.2) is 43.7 Å². The van der Waals surface area contributed by atoms with Gasteiger partial charge in [-0.1, -0.05) is 19.1 Å². The Bertz CT molecular complexity index is 483. The predicted octanol–water partition coefficient (Wildman–Crippen LogP) is 2.25. The van der Waals surface area contributed by atoms with Crippen LogP contribution in [0.2, 0.25) is 0 Å². The van der Waals surface area contributed by atoms with Crippen LogP contribution in [0.15, 0.2) is 24.3 Å². The van der Waals surface area contributed by atoms with E-state index in [1.165, 1.54) is 0 Å². The lowest BCUT2D eigenvalue weighted by Crippen LogP contribution is -2.31. The maximum atomic E-state index is 12.0. The molecule has 0 spiro atoms. The van der Waals surface area contributed by atoms with Crippen LogP contribution in [0.1, 0.15) is 25.8 Å². The molecule has 0 radical (unpaired) electrons. The minimum atomic E-state index is -0.0763. The highest BCUT2D eigenvalue weighted by Crippen LogP contribution is 2.13. The van der Waals surface area contributed by atoms with E-state index in [1.807, 2.05) is 6.92 Å². The number of carbonyl (C=O) groups excluding carboxylic acids is 1. The summed E-state index contributed by atoms with van der Waals surface area (Å²) in [6.45, 7) is 7.82. The van der Waals surface area contributed by atoms with Crippen molar-refractivity contribution >= 4 is 11.6 Å². The molecule has 1 aromatic carbocycles. The highest BCUT2D eigenvalue weighted by Gasteiger charge is 2.09. The Morgan fingerprint density at radius 3 is 2.76 bits per heavy atom. The van der Waals surface area contributed by atoms with Crippen molar-refractivity contribution in [3.63, 3.8) is 0 Å². The Morgan fingerprint density at radius 2 is 2.10 bits per heavy atom. The van der Waals surface area contributed by atoms with E-state index >= 15 is 0 Å². The first-order chi connectivity index (χ1) is 10.2. The van der Waals surface area contributed by atoms with Crippen LogP contribution in [0.25, 0.3) is 0 Å². The molecule has 0 atom stereocenters. The van der Waals surface area contributed by atoms with Crippen molar-refractivity contribution in [2.75, 3.05) is 38.2 Å². The zero-order chi connectivity index (χ0) is 15.5. The summed E-state index contributed by atoms with van der Waals surface area (Å²) in [6.07, 6.45) is 0.403. The molecule has 1 N–H and O–H groups in total. The molecule has 0 unspecified atom stereocenters. The summed E-state index contributed by atoms with van der Waals surface area (Å²) in [4.78, 5) is 14.1. The van der Waals surface area contributed by atoms with Gasteiger partial charge < -0.3 is 15.0 Å². The minimum absolute atomic E-state index is 0.0763. The third-order valence-electron chi connectivity index (χ3n) is 3.18. The van der Waals surface area contributed by atoms with E-state index in [0.717, 1.165) is 13.1 Å². The highest BCUT2D eigenvalue weighted by atomic mass is 16.5. The molecule has 0 aliphatic rings.